The second-order valence-corrected chi connectivity index (χ2v) is 6.59. The molecule has 3 aromatic rings. The third-order valence-electron chi connectivity index (χ3n) is 3.91. The van der Waals surface area contributed by atoms with E-state index in [1.54, 1.807) is 55.6 Å². The predicted molar refractivity (Wildman–Crippen MR) is 112 cm³/mol. The summed E-state index contributed by atoms with van der Waals surface area (Å²) < 4.78 is 26.0. The first kappa shape index (κ1) is 19.9. The number of nitrogens with one attached hydrogen (secondary N) is 2. The number of hydrogen-bond donors (Lipinski definition) is 2. The molecule has 6 nitrogen and oxygen atoms in total. The zero-order chi connectivity index (χ0) is 20.1. The molecule has 3 rings (SSSR count). The van der Waals surface area contributed by atoms with Crippen LogP contribution in [0.1, 0.15) is 5.56 Å². The zero-order valence-electron chi connectivity index (χ0n) is 15.2. The Labute approximate surface area is 172 Å². The van der Waals surface area contributed by atoms with Gasteiger partial charge in [0.25, 0.3) is 0 Å². The van der Waals surface area contributed by atoms with Crippen molar-refractivity contribution < 1.29 is 13.9 Å². The Hall–Kier alpha value is -2.84. The van der Waals surface area contributed by atoms with Crippen LogP contribution >= 0.6 is 23.8 Å². The summed E-state index contributed by atoms with van der Waals surface area (Å²) in [7, 11) is 3.14. The summed E-state index contributed by atoms with van der Waals surface area (Å²) in [6.07, 6.45) is 3.31. The van der Waals surface area contributed by atoms with Crippen molar-refractivity contribution >= 4 is 40.3 Å². The van der Waals surface area contributed by atoms with Crippen LogP contribution in [0.5, 0.6) is 11.5 Å². The predicted octanol–water partition coefficient (Wildman–Crippen LogP) is 4.55. The molecule has 0 atom stereocenters. The first-order valence-corrected chi connectivity index (χ1v) is 9.04. The minimum Gasteiger partial charge on any atom is -0.493 e. The van der Waals surface area contributed by atoms with Gasteiger partial charge in [0.05, 0.1) is 32.6 Å². The zero-order valence-corrected chi connectivity index (χ0v) is 16.8. The van der Waals surface area contributed by atoms with Crippen LogP contribution in [0.3, 0.4) is 0 Å². The lowest BCUT2D eigenvalue weighted by atomic mass is 10.2. The summed E-state index contributed by atoms with van der Waals surface area (Å²) in [5.74, 6) is 0.841. The van der Waals surface area contributed by atoms with Crippen molar-refractivity contribution in [2.75, 3.05) is 24.9 Å². The molecule has 0 bridgehead atoms. The summed E-state index contributed by atoms with van der Waals surface area (Å²) >= 11 is 11.4. The lowest BCUT2D eigenvalue weighted by Crippen LogP contribution is -2.18. The van der Waals surface area contributed by atoms with E-state index in [0.29, 0.717) is 32.9 Å². The molecule has 0 aliphatic heterocycles. The van der Waals surface area contributed by atoms with Crippen LogP contribution in [-0.2, 0) is 6.54 Å². The summed E-state index contributed by atoms with van der Waals surface area (Å²) in [5.41, 5.74) is 1.77. The number of rotatable bonds is 6. The second kappa shape index (κ2) is 8.90. The third kappa shape index (κ3) is 4.71. The molecule has 0 aliphatic carbocycles. The molecule has 0 radical (unpaired) electrons. The fourth-order valence-electron chi connectivity index (χ4n) is 2.57. The van der Waals surface area contributed by atoms with E-state index in [9.17, 15) is 4.39 Å². The highest BCUT2D eigenvalue weighted by atomic mass is 35.5. The maximum atomic E-state index is 13.9. The molecule has 0 unspecified atom stereocenters. The summed E-state index contributed by atoms with van der Waals surface area (Å²) in [6.45, 7) is 0.211. The standard InChI is InChI=1S/C19H18ClFN4O2S/c1-26-17-7-6-12(8-18(17)27-2)23-19(28)24-13-9-22-25(10-13)11-14-15(20)4-3-5-16(14)21/h3-10H,11H2,1-2H3,(H2,23,24,28). The number of benzene rings is 2. The molecule has 0 aliphatic rings. The van der Waals surface area contributed by atoms with E-state index in [0.717, 1.165) is 5.69 Å². The van der Waals surface area contributed by atoms with E-state index in [1.807, 2.05) is 6.07 Å². The van der Waals surface area contributed by atoms with Crippen molar-refractivity contribution in [3.63, 3.8) is 0 Å². The van der Waals surface area contributed by atoms with Crippen LogP contribution in [0.4, 0.5) is 15.8 Å². The second-order valence-electron chi connectivity index (χ2n) is 5.78. The Bertz CT molecular complexity index is 976. The van der Waals surface area contributed by atoms with E-state index < -0.39 is 0 Å². The van der Waals surface area contributed by atoms with E-state index in [4.69, 9.17) is 33.3 Å². The van der Waals surface area contributed by atoms with Crippen LogP contribution in [0.2, 0.25) is 5.02 Å². The van der Waals surface area contributed by atoms with Crippen LogP contribution in [0.15, 0.2) is 48.8 Å². The topological polar surface area (TPSA) is 60.3 Å². The highest BCUT2D eigenvalue weighted by Crippen LogP contribution is 2.29. The monoisotopic (exact) mass is 420 g/mol. The first-order chi connectivity index (χ1) is 13.5. The van der Waals surface area contributed by atoms with Crippen molar-refractivity contribution in [1.29, 1.82) is 0 Å². The number of thiocarbonyl (C=S) groups is 1. The Morgan fingerprint density at radius 2 is 1.89 bits per heavy atom. The molecular formula is C19H18ClFN4O2S. The van der Waals surface area contributed by atoms with Crippen LogP contribution in [-0.4, -0.2) is 29.1 Å². The van der Waals surface area contributed by atoms with Crippen LogP contribution < -0.4 is 20.1 Å². The van der Waals surface area contributed by atoms with Crippen molar-refractivity contribution in [1.82, 2.24) is 9.78 Å². The van der Waals surface area contributed by atoms with Crippen molar-refractivity contribution in [2.45, 2.75) is 6.54 Å². The Kier molecular flexibility index (Phi) is 6.33. The molecule has 28 heavy (non-hydrogen) atoms. The summed E-state index contributed by atoms with van der Waals surface area (Å²) in [5, 5.41) is 11.0. The Balaban J connectivity index is 1.64. The summed E-state index contributed by atoms with van der Waals surface area (Å²) in [6, 6.07) is 9.95. The van der Waals surface area contributed by atoms with Crippen molar-refractivity contribution in [3.05, 3.63) is 65.2 Å². The van der Waals surface area contributed by atoms with E-state index >= 15 is 0 Å². The third-order valence-corrected chi connectivity index (χ3v) is 4.47. The molecular weight excluding hydrogens is 403 g/mol. The number of methoxy groups -OCH3 is 2. The fourth-order valence-corrected chi connectivity index (χ4v) is 3.03. The Morgan fingerprint density at radius 3 is 2.61 bits per heavy atom. The van der Waals surface area contributed by atoms with E-state index in [-0.39, 0.29) is 12.4 Å². The lowest BCUT2D eigenvalue weighted by molar-refractivity contribution is 0.355. The van der Waals surface area contributed by atoms with Gasteiger partial charge in [-0.2, -0.15) is 5.10 Å². The number of hydrogen-bond acceptors (Lipinski definition) is 4. The number of nitrogens with zero attached hydrogens (tertiary/aromatic N) is 2. The van der Waals surface area contributed by atoms with Gasteiger partial charge in [0.15, 0.2) is 16.6 Å². The lowest BCUT2D eigenvalue weighted by Gasteiger charge is -2.12. The van der Waals surface area contributed by atoms with Gasteiger partial charge < -0.3 is 20.1 Å². The van der Waals surface area contributed by atoms with Gasteiger partial charge in [-0.15, -0.1) is 0 Å². The molecule has 0 spiro atoms. The van der Waals surface area contributed by atoms with Gasteiger partial charge in [-0.3, -0.25) is 4.68 Å². The van der Waals surface area contributed by atoms with Gasteiger partial charge >= 0.3 is 0 Å². The van der Waals surface area contributed by atoms with Gasteiger partial charge in [-0.25, -0.2) is 4.39 Å². The maximum Gasteiger partial charge on any atom is 0.175 e. The number of ether oxygens (including phenoxy) is 2. The SMILES string of the molecule is COc1ccc(NC(=S)Nc2cnn(Cc3c(F)cccc3Cl)c2)cc1OC. The van der Waals surface area contributed by atoms with Crippen LogP contribution in [0, 0.1) is 5.82 Å². The van der Waals surface area contributed by atoms with Gasteiger partial charge in [0.2, 0.25) is 0 Å². The average molecular weight is 421 g/mol. The smallest absolute Gasteiger partial charge is 0.175 e. The van der Waals surface area contributed by atoms with Crippen molar-refractivity contribution in [2.24, 2.45) is 0 Å². The highest BCUT2D eigenvalue weighted by Gasteiger charge is 2.10. The largest absolute Gasteiger partial charge is 0.493 e. The molecule has 1 aromatic heterocycles. The van der Waals surface area contributed by atoms with Gasteiger partial charge in [-0.05, 0) is 36.5 Å². The molecule has 2 aromatic carbocycles. The average Bonchev–Trinajstić information content (AvgIpc) is 3.11. The molecule has 2 N–H and O–H groups in total. The van der Waals surface area contributed by atoms with Gasteiger partial charge in [-0.1, -0.05) is 17.7 Å². The Morgan fingerprint density at radius 1 is 1.14 bits per heavy atom. The normalized spacial score (nSPS) is 10.4. The van der Waals surface area contributed by atoms with Gasteiger partial charge in [0, 0.05) is 28.5 Å². The fraction of sp³-hybridized carbons (Fsp3) is 0.158. The van der Waals surface area contributed by atoms with Crippen LogP contribution in [0.25, 0.3) is 0 Å². The van der Waals surface area contributed by atoms with Gasteiger partial charge in [0.1, 0.15) is 5.82 Å². The minimum absolute atomic E-state index is 0.211. The molecule has 9 heteroatoms. The molecule has 0 saturated heterocycles. The number of aromatic nitrogens is 2. The molecule has 0 amide bonds. The quantitative estimate of drug-likeness (QED) is 0.570. The first-order valence-electron chi connectivity index (χ1n) is 8.25. The molecule has 146 valence electrons. The minimum atomic E-state index is -0.372. The molecule has 1 heterocycles. The van der Waals surface area contributed by atoms with E-state index in [2.05, 4.69) is 15.7 Å². The number of anilines is 2. The summed E-state index contributed by atoms with van der Waals surface area (Å²) in [4.78, 5) is 0. The number of halogens is 2. The highest BCUT2D eigenvalue weighted by molar-refractivity contribution is 7.80. The maximum absolute atomic E-state index is 13.9. The molecule has 0 saturated carbocycles. The van der Waals surface area contributed by atoms with E-state index in [1.165, 1.54) is 6.07 Å². The molecule has 0 fully saturated rings. The van der Waals surface area contributed by atoms with Crippen molar-refractivity contribution in [3.8, 4) is 11.5 Å².